The van der Waals surface area contributed by atoms with Crippen LogP contribution in [0, 0.1) is 0 Å². The number of imidazole rings is 1. The fourth-order valence-electron chi connectivity index (χ4n) is 4.26. The number of aromatic carboxylic acids is 1. The lowest BCUT2D eigenvalue weighted by Crippen LogP contribution is -2.05. The fourth-order valence-corrected chi connectivity index (χ4v) is 4.26. The number of unbranched alkanes of at least 4 members (excludes halogenated alkanes) is 1. The highest BCUT2D eigenvalue weighted by Crippen LogP contribution is 2.31. The van der Waals surface area contributed by atoms with Crippen molar-refractivity contribution in [1.82, 2.24) is 30.2 Å². The van der Waals surface area contributed by atoms with E-state index in [0.29, 0.717) is 12.4 Å². The van der Waals surface area contributed by atoms with Crippen LogP contribution in [0.1, 0.15) is 41.5 Å². The predicted molar refractivity (Wildman–Crippen MR) is 137 cm³/mol. The number of nitrogens with zero attached hydrogens (tertiary/aromatic N) is 5. The van der Waals surface area contributed by atoms with E-state index < -0.39 is 5.97 Å². The highest BCUT2D eigenvalue weighted by molar-refractivity contribution is 5.88. The highest BCUT2D eigenvalue weighted by Gasteiger charge is 2.15. The highest BCUT2D eigenvalue weighted by atomic mass is 16.4. The van der Waals surface area contributed by atoms with E-state index in [1.54, 1.807) is 12.1 Å². The van der Waals surface area contributed by atoms with Crippen molar-refractivity contribution in [3.63, 3.8) is 0 Å². The molecule has 0 bridgehead atoms. The van der Waals surface area contributed by atoms with Crippen LogP contribution in [-0.2, 0) is 13.0 Å². The first-order valence-corrected chi connectivity index (χ1v) is 11.9. The Morgan fingerprint density at radius 3 is 2.47 bits per heavy atom. The van der Waals surface area contributed by atoms with E-state index in [4.69, 9.17) is 4.98 Å². The van der Waals surface area contributed by atoms with Gasteiger partial charge in [0, 0.05) is 30.3 Å². The van der Waals surface area contributed by atoms with E-state index in [1.165, 1.54) is 0 Å². The number of rotatable bonds is 9. The molecule has 8 nitrogen and oxygen atoms in total. The number of aryl methyl sites for hydroxylation is 1. The summed E-state index contributed by atoms with van der Waals surface area (Å²) in [6, 6.07) is 23.3. The second-order valence-corrected chi connectivity index (χ2v) is 8.64. The first-order chi connectivity index (χ1) is 17.6. The summed E-state index contributed by atoms with van der Waals surface area (Å²) < 4.78 is 2.17. The molecule has 0 unspecified atom stereocenters. The number of carbonyl (C=O) groups is 1. The standard InChI is InChI=1S/C28H26N6O2/c1-2-3-9-26-29-25(21-11-13-22(14-12-21)28(35)36)18-34(26)17-19-10-15-23(20-7-5-4-6-8-20)24(16-19)27-30-32-33-31-27/h4-8,10-16,18H,2-3,9,17H2,1H3,(H,35,36)(H,30,31,32,33). The third kappa shape index (κ3) is 4.93. The number of H-pyrrole nitrogens is 1. The maximum Gasteiger partial charge on any atom is 0.335 e. The van der Waals surface area contributed by atoms with E-state index >= 15 is 0 Å². The Bertz CT molecular complexity index is 1460. The Labute approximate surface area is 208 Å². The first kappa shape index (κ1) is 23.2. The van der Waals surface area contributed by atoms with Gasteiger partial charge in [0.05, 0.1) is 11.3 Å². The van der Waals surface area contributed by atoms with Crippen molar-refractivity contribution in [2.45, 2.75) is 32.7 Å². The first-order valence-electron chi connectivity index (χ1n) is 11.9. The Hall–Kier alpha value is -4.59. The summed E-state index contributed by atoms with van der Waals surface area (Å²) in [6.07, 6.45) is 5.02. The van der Waals surface area contributed by atoms with E-state index in [1.807, 2.05) is 36.5 Å². The van der Waals surface area contributed by atoms with Crippen molar-refractivity contribution < 1.29 is 9.90 Å². The molecular formula is C28H26N6O2. The van der Waals surface area contributed by atoms with Crippen molar-refractivity contribution in [3.8, 4) is 33.8 Å². The van der Waals surface area contributed by atoms with Gasteiger partial charge in [-0.1, -0.05) is 67.9 Å². The van der Waals surface area contributed by atoms with E-state index in [9.17, 15) is 9.90 Å². The molecule has 0 spiro atoms. The van der Waals surface area contributed by atoms with Gasteiger partial charge in [-0.25, -0.2) is 9.78 Å². The monoisotopic (exact) mass is 478 g/mol. The van der Waals surface area contributed by atoms with Gasteiger partial charge >= 0.3 is 5.97 Å². The van der Waals surface area contributed by atoms with Crippen LogP contribution in [0.3, 0.4) is 0 Å². The maximum atomic E-state index is 11.2. The third-order valence-corrected chi connectivity index (χ3v) is 6.15. The minimum Gasteiger partial charge on any atom is -0.478 e. The number of aromatic nitrogens is 6. The van der Waals surface area contributed by atoms with Crippen LogP contribution in [0.15, 0.2) is 79.0 Å². The van der Waals surface area contributed by atoms with Gasteiger partial charge in [0.1, 0.15) is 5.82 Å². The molecule has 5 aromatic rings. The summed E-state index contributed by atoms with van der Waals surface area (Å²) in [6.45, 7) is 2.80. The van der Waals surface area contributed by atoms with Crippen LogP contribution >= 0.6 is 0 Å². The van der Waals surface area contributed by atoms with Gasteiger partial charge in [-0.3, -0.25) is 0 Å². The van der Waals surface area contributed by atoms with Gasteiger partial charge in [0.2, 0.25) is 5.82 Å². The minimum atomic E-state index is -0.938. The summed E-state index contributed by atoms with van der Waals surface area (Å²) in [5.74, 6) is 0.612. The molecule has 0 fully saturated rings. The van der Waals surface area contributed by atoms with Crippen molar-refractivity contribution in [3.05, 3.63) is 95.9 Å². The molecule has 180 valence electrons. The second kappa shape index (κ2) is 10.4. The van der Waals surface area contributed by atoms with Gasteiger partial charge in [-0.2, -0.15) is 5.21 Å². The lowest BCUT2D eigenvalue weighted by atomic mass is 9.97. The van der Waals surface area contributed by atoms with Gasteiger partial charge in [-0.15, -0.1) is 10.2 Å². The fraction of sp³-hybridized carbons (Fsp3) is 0.179. The smallest absolute Gasteiger partial charge is 0.335 e. The topological polar surface area (TPSA) is 110 Å². The van der Waals surface area contributed by atoms with Crippen LogP contribution in [0.2, 0.25) is 0 Å². The van der Waals surface area contributed by atoms with Gasteiger partial charge in [-0.05, 0) is 46.5 Å². The van der Waals surface area contributed by atoms with Crippen molar-refractivity contribution in [2.75, 3.05) is 0 Å². The molecule has 0 radical (unpaired) electrons. The molecule has 0 atom stereocenters. The van der Waals surface area contributed by atoms with Crippen LogP contribution in [0.4, 0.5) is 0 Å². The number of nitrogens with one attached hydrogen (secondary N) is 1. The number of aromatic amines is 1. The Morgan fingerprint density at radius 2 is 1.78 bits per heavy atom. The molecule has 2 aromatic heterocycles. The zero-order valence-electron chi connectivity index (χ0n) is 19.9. The average Bonchev–Trinajstić information content (AvgIpc) is 3.59. The maximum absolute atomic E-state index is 11.2. The quantitative estimate of drug-likeness (QED) is 0.290. The van der Waals surface area contributed by atoms with Crippen LogP contribution in [0.25, 0.3) is 33.8 Å². The van der Waals surface area contributed by atoms with Gasteiger partial charge in [0.25, 0.3) is 0 Å². The molecule has 0 saturated heterocycles. The van der Waals surface area contributed by atoms with Crippen molar-refractivity contribution in [1.29, 1.82) is 0 Å². The minimum absolute atomic E-state index is 0.261. The van der Waals surface area contributed by atoms with Crippen LogP contribution in [-0.4, -0.2) is 41.3 Å². The predicted octanol–water partition coefficient (Wildman–Crippen LogP) is 5.49. The Balaban J connectivity index is 1.51. The van der Waals surface area contributed by atoms with E-state index in [2.05, 4.69) is 62.4 Å². The summed E-state index contributed by atoms with van der Waals surface area (Å²) in [5, 5.41) is 24.0. The summed E-state index contributed by atoms with van der Waals surface area (Å²) in [4.78, 5) is 16.1. The Morgan fingerprint density at radius 1 is 0.972 bits per heavy atom. The molecule has 8 heteroatoms. The lowest BCUT2D eigenvalue weighted by Gasteiger charge is -2.12. The molecule has 0 aliphatic carbocycles. The van der Waals surface area contributed by atoms with E-state index in [0.717, 1.165) is 58.6 Å². The van der Waals surface area contributed by atoms with Crippen molar-refractivity contribution >= 4 is 5.97 Å². The number of carboxylic acids is 1. The average molecular weight is 479 g/mol. The number of tetrazole rings is 1. The number of hydrogen-bond acceptors (Lipinski definition) is 5. The molecule has 5 rings (SSSR count). The molecule has 2 N–H and O–H groups in total. The summed E-state index contributed by atoms with van der Waals surface area (Å²) in [5.41, 5.74) is 6.11. The lowest BCUT2D eigenvalue weighted by molar-refractivity contribution is 0.0697. The number of benzene rings is 3. The Kier molecular flexibility index (Phi) is 6.66. The van der Waals surface area contributed by atoms with Gasteiger partial charge < -0.3 is 9.67 Å². The second-order valence-electron chi connectivity index (χ2n) is 8.64. The normalized spacial score (nSPS) is 11.0. The molecule has 36 heavy (non-hydrogen) atoms. The van der Waals surface area contributed by atoms with E-state index in [-0.39, 0.29) is 5.56 Å². The summed E-state index contributed by atoms with van der Waals surface area (Å²) in [7, 11) is 0. The van der Waals surface area contributed by atoms with Gasteiger partial charge in [0.15, 0.2) is 0 Å². The largest absolute Gasteiger partial charge is 0.478 e. The molecule has 3 aromatic carbocycles. The number of carboxylic acid groups (broad SMARTS) is 1. The number of hydrogen-bond donors (Lipinski definition) is 2. The molecule has 0 aliphatic rings. The molecule has 2 heterocycles. The zero-order valence-corrected chi connectivity index (χ0v) is 19.9. The third-order valence-electron chi connectivity index (χ3n) is 6.15. The van der Waals surface area contributed by atoms with Crippen LogP contribution in [0.5, 0.6) is 0 Å². The zero-order chi connectivity index (χ0) is 24.9. The molecule has 0 saturated carbocycles. The van der Waals surface area contributed by atoms with Crippen LogP contribution < -0.4 is 0 Å². The molecular weight excluding hydrogens is 452 g/mol. The SMILES string of the molecule is CCCCc1nc(-c2ccc(C(=O)O)cc2)cn1Cc1ccc(-c2ccccc2)c(-c2nn[nH]n2)c1. The molecule has 0 aliphatic heterocycles. The molecule has 0 amide bonds. The summed E-state index contributed by atoms with van der Waals surface area (Å²) >= 11 is 0. The van der Waals surface area contributed by atoms with Crippen molar-refractivity contribution in [2.24, 2.45) is 0 Å².